The number of carbonyl (C=O) groups is 1. The lowest BCUT2D eigenvalue weighted by atomic mass is 9.61. The van der Waals surface area contributed by atoms with Gasteiger partial charge in [-0.15, -0.1) is 12.4 Å². The molecule has 2 aliphatic carbocycles. The molecule has 2 N–H and O–H groups in total. The first-order valence-electron chi connectivity index (χ1n) is 9.61. The quantitative estimate of drug-likeness (QED) is 0.873. The summed E-state index contributed by atoms with van der Waals surface area (Å²) >= 11 is 0. The summed E-state index contributed by atoms with van der Waals surface area (Å²) in [4.78, 5) is 18.5. The van der Waals surface area contributed by atoms with Crippen molar-refractivity contribution in [2.75, 3.05) is 20.2 Å². The van der Waals surface area contributed by atoms with Crippen LogP contribution in [0.15, 0.2) is 18.3 Å². The highest BCUT2D eigenvalue weighted by Crippen LogP contribution is 2.52. The molecule has 1 saturated heterocycles. The number of pyridine rings is 1. The van der Waals surface area contributed by atoms with E-state index in [9.17, 15) is 4.79 Å². The summed E-state index contributed by atoms with van der Waals surface area (Å²) in [5.74, 6) is 1.26. The average Bonchev–Trinajstić information content (AvgIpc) is 2.59. The molecule has 6 heteroatoms. The van der Waals surface area contributed by atoms with E-state index in [2.05, 4.69) is 16.8 Å². The van der Waals surface area contributed by atoms with Crippen LogP contribution in [0, 0.1) is 17.8 Å². The van der Waals surface area contributed by atoms with Crippen molar-refractivity contribution in [2.45, 2.75) is 50.7 Å². The number of likely N-dealkylation sites (tertiary alicyclic amines) is 1. The zero-order chi connectivity index (χ0) is 17.6. The van der Waals surface area contributed by atoms with Crippen LogP contribution < -0.4 is 5.73 Å². The third kappa shape index (κ3) is 2.94. The molecule has 4 rings (SSSR count). The van der Waals surface area contributed by atoms with Gasteiger partial charge in [0.2, 0.25) is 0 Å². The number of piperidine rings is 1. The van der Waals surface area contributed by atoms with Gasteiger partial charge in [0.25, 0.3) is 5.91 Å². The summed E-state index contributed by atoms with van der Waals surface area (Å²) in [6.45, 7) is 4.56. The molecule has 26 heavy (non-hydrogen) atoms. The summed E-state index contributed by atoms with van der Waals surface area (Å²) in [5, 5.41) is 0. The maximum atomic E-state index is 11.6. The highest BCUT2D eigenvalue weighted by molar-refractivity contribution is 5.90. The van der Waals surface area contributed by atoms with Gasteiger partial charge in [-0.2, -0.15) is 0 Å². The van der Waals surface area contributed by atoms with Crippen molar-refractivity contribution >= 4 is 18.3 Å². The standard InChI is InChI=1S/C20H29N3O2.ClH/c1-13-6-7-18(13)23-11-15-4-3-5-16(12-23)20(15,25-2)14-8-9-22-17(10-14)19(21)24;/h8-10,13,15-16,18H,3-7,11-12H2,1-2H3,(H2,21,24);1H/t13-,15-,16+,18+,20+;/m0./s1. The van der Waals surface area contributed by atoms with Gasteiger partial charge in [-0.3, -0.25) is 14.7 Å². The number of methoxy groups -OCH3 is 1. The molecule has 0 spiro atoms. The molecule has 3 aliphatic rings. The molecule has 1 aromatic heterocycles. The number of ether oxygens (including phenoxy) is 1. The normalized spacial score (nSPS) is 36.7. The molecule has 144 valence electrons. The maximum absolute atomic E-state index is 11.6. The van der Waals surface area contributed by atoms with Crippen molar-refractivity contribution in [3.05, 3.63) is 29.6 Å². The minimum Gasteiger partial charge on any atom is -0.373 e. The highest BCUT2D eigenvalue weighted by atomic mass is 35.5. The molecule has 1 aromatic rings. The molecular formula is C20H30ClN3O2. The number of fused-ring (bicyclic) bond motifs is 2. The number of halogens is 1. The lowest BCUT2D eigenvalue weighted by molar-refractivity contribution is -0.181. The summed E-state index contributed by atoms with van der Waals surface area (Å²) < 4.78 is 6.27. The van der Waals surface area contributed by atoms with Crippen LogP contribution in [0.5, 0.6) is 0 Å². The summed E-state index contributed by atoms with van der Waals surface area (Å²) in [7, 11) is 1.83. The third-order valence-corrected chi connectivity index (χ3v) is 7.07. The van der Waals surface area contributed by atoms with Gasteiger partial charge in [0.15, 0.2) is 0 Å². The molecule has 0 unspecified atom stereocenters. The van der Waals surface area contributed by atoms with Gasteiger partial charge in [0, 0.05) is 44.3 Å². The first kappa shape index (κ1) is 19.6. The second kappa shape index (κ2) is 7.45. The maximum Gasteiger partial charge on any atom is 0.267 e. The summed E-state index contributed by atoms with van der Waals surface area (Å²) in [6, 6.07) is 4.62. The Hall–Kier alpha value is -1.17. The molecule has 3 fully saturated rings. The number of hydrogen-bond donors (Lipinski definition) is 1. The fourth-order valence-corrected chi connectivity index (χ4v) is 5.66. The van der Waals surface area contributed by atoms with Crippen LogP contribution in [0.25, 0.3) is 0 Å². The minimum atomic E-state index is -0.473. The van der Waals surface area contributed by atoms with E-state index in [1.54, 1.807) is 6.20 Å². The first-order valence-corrected chi connectivity index (χ1v) is 9.61. The second-order valence-corrected chi connectivity index (χ2v) is 8.19. The number of rotatable bonds is 4. The van der Waals surface area contributed by atoms with Gasteiger partial charge >= 0.3 is 0 Å². The van der Waals surface area contributed by atoms with E-state index in [1.165, 1.54) is 32.1 Å². The van der Waals surface area contributed by atoms with E-state index in [4.69, 9.17) is 10.5 Å². The number of primary amides is 1. The van der Waals surface area contributed by atoms with E-state index in [1.807, 2.05) is 19.2 Å². The fourth-order valence-electron chi connectivity index (χ4n) is 5.66. The number of aromatic nitrogens is 1. The largest absolute Gasteiger partial charge is 0.373 e. The number of hydrogen-bond acceptors (Lipinski definition) is 4. The number of carbonyl (C=O) groups excluding carboxylic acids is 1. The van der Waals surface area contributed by atoms with Crippen molar-refractivity contribution in [1.29, 1.82) is 0 Å². The molecule has 5 atom stereocenters. The van der Waals surface area contributed by atoms with E-state index in [0.29, 0.717) is 17.5 Å². The van der Waals surface area contributed by atoms with Crippen LogP contribution in [0.4, 0.5) is 0 Å². The molecule has 2 saturated carbocycles. The molecule has 2 bridgehead atoms. The van der Waals surface area contributed by atoms with Crippen molar-refractivity contribution in [1.82, 2.24) is 9.88 Å². The van der Waals surface area contributed by atoms with E-state index >= 15 is 0 Å². The van der Waals surface area contributed by atoms with Gasteiger partial charge in [0.05, 0.1) is 0 Å². The van der Waals surface area contributed by atoms with Crippen LogP contribution in [-0.4, -0.2) is 42.0 Å². The zero-order valence-electron chi connectivity index (χ0n) is 15.7. The summed E-state index contributed by atoms with van der Waals surface area (Å²) in [5.41, 5.74) is 6.57. The Labute approximate surface area is 162 Å². The second-order valence-electron chi connectivity index (χ2n) is 8.19. The lowest BCUT2D eigenvalue weighted by Gasteiger charge is -2.58. The predicted molar refractivity (Wildman–Crippen MR) is 103 cm³/mol. The Morgan fingerprint density at radius 3 is 2.46 bits per heavy atom. The van der Waals surface area contributed by atoms with Gasteiger partial charge in [-0.05, 0) is 49.3 Å². The number of nitrogens with zero attached hydrogens (tertiary/aromatic N) is 2. The van der Waals surface area contributed by atoms with Crippen LogP contribution in [0.3, 0.4) is 0 Å². The molecule has 2 heterocycles. The van der Waals surface area contributed by atoms with Crippen molar-refractivity contribution < 1.29 is 9.53 Å². The van der Waals surface area contributed by atoms with Crippen LogP contribution >= 0.6 is 12.4 Å². The van der Waals surface area contributed by atoms with Crippen molar-refractivity contribution in [2.24, 2.45) is 23.5 Å². The Morgan fingerprint density at radius 1 is 1.27 bits per heavy atom. The Bertz CT molecular complexity index is 654. The SMILES string of the molecule is CO[C@@]1(c2ccnc(C(N)=O)c2)[C@@H]2CCC[C@H]1CN([C@@H]1CC[C@@H]1C)C2.Cl. The Kier molecular flexibility index (Phi) is 5.61. The smallest absolute Gasteiger partial charge is 0.267 e. The van der Waals surface area contributed by atoms with Crippen LogP contribution in [0.2, 0.25) is 0 Å². The molecule has 5 nitrogen and oxygen atoms in total. The highest BCUT2D eigenvalue weighted by Gasteiger charge is 2.54. The molecule has 1 amide bonds. The van der Waals surface area contributed by atoms with E-state index in [0.717, 1.165) is 30.6 Å². The molecule has 0 radical (unpaired) electrons. The van der Waals surface area contributed by atoms with Gasteiger partial charge in [-0.1, -0.05) is 13.3 Å². The average molecular weight is 380 g/mol. The predicted octanol–water partition coefficient (Wildman–Crippen LogP) is 2.97. The molecule has 0 aromatic carbocycles. The van der Waals surface area contributed by atoms with E-state index < -0.39 is 5.91 Å². The number of nitrogens with two attached hydrogens (primary N) is 1. The van der Waals surface area contributed by atoms with Gasteiger partial charge in [0.1, 0.15) is 11.3 Å². The van der Waals surface area contributed by atoms with Crippen molar-refractivity contribution in [3.63, 3.8) is 0 Å². The lowest BCUT2D eigenvalue weighted by Crippen LogP contribution is -2.62. The van der Waals surface area contributed by atoms with E-state index in [-0.39, 0.29) is 18.0 Å². The summed E-state index contributed by atoms with van der Waals surface area (Å²) in [6.07, 6.45) is 8.01. The Morgan fingerprint density at radius 2 is 1.96 bits per heavy atom. The van der Waals surface area contributed by atoms with Crippen LogP contribution in [0.1, 0.15) is 55.1 Å². The Balaban J connectivity index is 0.00000196. The first-order chi connectivity index (χ1) is 12.1. The van der Waals surface area contributed by atoms with Crippen molar-refractivity contribution in [3.8, 4) is 0 Å². The fraction of sp³-hybridized carbons (Fsp3) is 0.700. The van der Waals surface area contributed by atoms with Crippen LogP contribution in [-0.2, 0) is 10.3 Å². The minimum absolute atomic E-state index is 0. The number of amides is 1. The zero-order valence-corrected chi connectivity index (χ0v) is 16.5. The monoisotopic (exact) mass is 379 g/mol. The van der Waals surface area contributed by atoms with Gasteiger partial charge < -0.3 is 10.5 Å². The topological polar surface area (TPSA) is 68.5 Å². The third-order valence-electron chi connectivity index (χ3n) is 7.07. The van der Waals surface area contributed by atoms with Gasteiger partial charge in [-0.25, -0.2) is 0 Å². The molecular weight excluding hydrogens is 350 g/mol. The molecule has 1 aliphatic heterocycles.